The number of fused-ring (bicyclic) bond motifs is 1. The number of halogens is 1. The zero-order chi connectivity index (χ0) is 11.0. The number of nitrogens with one attached hydrogen (secondary N) is 1. The Morgan fingerprint density at radius 1 is 1.12 bits per heavy atom. The van der Waals surface area contributed by atoms with Crippen LogP contribution in [0.5, 0.6) is 0 Å². The highest BCUT2D eigenvalue weighted by Gasteiger charge is 2.27. The maximum atomic E-state index is 13.5. The zero-order valence-corrected chi connectivity index (χ0v) is 9.51. The molecular formula is C14H18FN. The van der Waals surface area contributed by atoms with Crippen molar-refractivity contribution < 1.29 is 4.39 Å². The van der Waals surface area contributed by atoms with Crippen LogP contribution in [0.25, 0.3) is 0 Å². The second kappa shape index (κ2) is 4.17. The highest BCUT2D eigenvalue weighted by atomic mass is 19.1. The molecule has 1 atom stereocenters. The highest BCUT2D eigenvalue weighted by molar-refractivity contribution is 5.35. The molecule has 3 rings (SSSR count). The third-order valence-electron chi connectivity index (χ3n) is 4.01. The van der Waals surface area contributed by atoms with Crippen molar-refractivity contribution in [3.8, 4) is 0 Å². The average molecular weight is 219 g/mol. The fourth-order valence-corrected chi connectivity index (χ4v) is 3.16. The molecule has 0 radical (unpaired) electrons. The first kappa shape index (κ1) is 10.3. The van der Waals surface area contributed by atoms with Gasteiger partial charge in [-0.3, -0.25) is 0 Å². The van der Waals surface area contributed by atoms with E-state index in [1.54, 1.807) is 6.07 Å². The fourth-order valence-electron chi connectivity index (χ4n) is 3.16. The van der Waals surface area contributed by atoms with Crippen LogP contribution >= 0.6 is 0 Å². The molecule has 1 N–H and O–H groups in total. The van der Waals surface area contributed by atoms with Crippen LogP contribution in [0, 0.1) is 5.82 Å². The van der Waals surface area contributed by atoms with Gasteiger partial charge in [0.2, 0.25) is 0 Å². The van der Waals surface area contributed by atoms with Gasteiger partial charge in [-0.15, -0.1) is 0 Å². The van der Waals surface area contributed by atoms with Crippen molar-refractivity contribution in [2.45, 2.75) is 50.6 Å². The van der Waals surface area contributed by atoms with Crippen molar-refractivity contribution >= 4 is 0 Å². The average Bonchev–Trinajstić information content (AvgIpc) is 2.90. The predicted molar refractivity (Wildman–Crippen MR) is 62.9 cm³/mol. The molecule has 0 aromatic heterocycles. The normalized spacial score (nSPS) is 24.9. The summed E-state index contributed by atoms with van der Waals surface area (Å²) in [6.07, 6.45) is 7.24. The molecule has 0 bridgehead atoms. The molecule has 0 aliphatic heterocycles. The van der Waals surface area contributed by atoms with E-state index in [1.807, 2.05) is 6.07 Å². The lowest BCUT2D eigenvalue weighted by atomic mass is 10.1. The summed E-state index contributed by atoms with van der Waals surface area (Å²) >= 11 is 0. The monoisotopic (exact) mass is 219 g/mol. The Balaban J connectivity index is 1.78. The van der Waals surface area contributed by atoms with Gasteiger partial charge in [0.1, 0.15) is 5.82 Å². The zero-order valence-electron chi connectivity index (χ0n) is 9.51. The molecule has 1 unspecified atom stereocenters. The smallest absolute Gasteiger partial charge is 0.126 e. The molecule has 2 aliphatic rings. The van der Waals surface area contributed by atoms with Crippen LogP contribution in [0.2, 0.25) is 0 Å². The summed E-state index contributed by atoms with van der Waals surface area (Å²) in [6.45, 7) is 0. The molecule has 0 amide bonds. The van der Waals surface area contributed by atoms with E-state index in [9.17, 15) is 4.39 Å². The van der Waals surface area contributed by atoms with E-state index in [0.717, 1.165) is 18.4 Å². The summed E-state index contributed by atoms with van der Waals surface area (Å²) in [5, 5.41) is 3.69. The van der Waals surface area contributed by atoms with Gasteiger partial charge in [-0.2, -0.15) is 0 Å². The van der Waals surface area contributed by atoms with Crippen molar-refractivity contribution in [1.82, 2.24) is 5.32 Å². The second-order valence-electron chi connectivity index (χ2n) is 5.05. The fraction of sp³-hybridized carbons (Fsp3) is 0.571. The minimum absolute atomic E-state index is 0.0202. The summed E-state index contributed by atoms with van der Waals surface area (Å²) in [5.74, 6) is -0.0202. The van der Waals surface area contributed by atoms with Crippen molar-refractivity contribution in [1.29, 1.82) is 0 Å². The van der Waals surface area contributed by atoms with Gasteiger partial charge in [-0.1, -0.05) is 25.0 Å². The van der Waals surface area contributed by atoms with E-state index in [4.69, 9.17) is 0 Å². The Bertz CT molecular complexity index is 382. The summed E-state index contributed by atoms with van der Waals surface area (Å²) in [4.78, 5) is 0. The van der Waals surface area contributed by atoms with Gasteiger partial charge < -0.3 is 5.32 Å². The van der Waals surface area contributed by atoms with Crippen LogP contribution < -0.4 is 5.32 Å². The van der Waals surface area contributed by atoms with Gasteiger partial charge in [-0.25, -0.2) is 4.39 Å². The maximum Gasteiger partial charge on any atom is 0.126 e. The molecule has 86 valence electrons. The minimum Gasteiger partial charge on any atom is -0.307 e. The first-order valence-corrected chi connectivity index (χ1v) is 6.38. The van der Waals surface area contributed by atoms with E-state index in [0.29, 0.717) is 12.1 Å². The van der Waals surface area contributed by atoms with Crippen LogP contribution in [0.4, 0.5) is 4.39 Å². The first-order valence-electron chi connectivity index (χ1n) is 6.38. The maximum absolute atomic E-state index is 13.5. The van der Waals surface area contributed by atoms with Crippen molar-refractivity contribution in [2.24, 2.45) is 0 Å². The first-order chi connectivity index (χ1) is 7.84. The van der Waals surface area contributed by atoms with E-state index in [2.05, 4.69) is 11.4 Å². The quantitative estimate of drug-likeness (QED) is 0.804. The topological polar surface area (TPSA) is 12.0 Å². The molecule has 0 spiro atoms. The SMILES string of the molecule is Fc1cccc2c1CCC2NC1CCCC1. The molecule has 16 heavy (non-hydrogen) atoms. The summed E-state index contributed by atoms with van der Waals surface area (Å²) < 4.78 is 13.5. The number of hydrogen-bond donors (Lipinski definition) is 1. The van der Waals surface area contributed by atoms with E-state index in [1.165, 1.54) is 31.2 Å². The van der Waals surface area contributed by atoms with Crippen LogP contribution in [0.3, 0.4) is 0 Å². The van der Waals surface area contributed by atoms with Gasteiger partial charge in [0.15, 0.2) is 0 Å². The van der Waals surface area contributed by atoms with Gasteiger partial charge in [0, 0.05) is 12.1 Å². The number of rotatable bonds is 2. The van der Waals surface area contributed by atoms with E-state index < -0.39 is 0 Å². The van der Waals surface area contributed by atoms with Gasteiger partial charge in [-0.05, 0) is 42.9 Å². The lowest BCUT2D eigenvalue weighted by molar-refractivity contribution is 0.438. The lowest BCUT2D eigenvalue weighted by Gasteiger charge is -2.19. The molecule has 0 saturated heterocycles. The Hall–Kier alpha value is -0.890. The van der Waals surface area contributed by atoms with E-state index in [-0.39, 0.29) is 5.82 Å². The Labute approximate surface area is 96.1 Å². The Kier molecular flexibility index (Phi) is 2.68. The second-order valence-corrected chi connectivity index (χ2v) is 5.05. The minimum atomic E-state index is -0.0202. The largest absolute Gasteiger partial charge is 0.307 e. The van der Waals surface area contributed by atoms with Crippen LogP contribution in [-0.4, -0.2) is 6.04 Å². The number of benzene rings is 1. The number of hydrogen-bond acceptors (Lipinski definition) is 1. The Morgan fingerprint density at radius 3 is 2.75 bits per heavy atom. The molecule has 1 aromatic rings. The van der Waals surface area contributed by atoms with Gasteiger partial charge >= 0.3 is 0 Å². The molecule has 0 heterocycles. The van der Waals surface area contributed by atoms with Crippen LogP contribution in [-0.2, 0) is 6.42 Å². The Morgan fingerprint density at radius 2 is 1.94 bits per heavy atom. The molecule has 1 saturated carbocycles. The molecule has 1 nitrogen and oxygen atoms in total. The molecule has 2 heteroatoms. The van der Waals surface area contributed by atoms with Crippen molar-refractivity contribution in [3.05, 3.63) is 35.1 Å². The van der Waals surface area contributed by atoms with E-state index >= 15 is 0 Å². The third-order valence-corrected chi connectivity index (χ3v) is 4.01. The molecule has 1 aromatic carbocycles. The van der Waals surface area contributed by atoms with Crippen molar-refractivity contribution in [2.75, 3.05) is 0 Å². The van der Waals surface area contributed by atoms with Crippen LogP contribution in [0.1, 0.15) is 49.3 Å². The standard InChI is InChI=1S/C14H18FN/c15-13-7-3-6-12-11(13)8-9-14(12)16-10-4-1-2-5-10/h3,6-7,10,14,16H,1-2,4-5,8-9H2. The van der Waals surface area contributed by atoms with Crippen molar-refractivity contribution in [3.63, 3.8) is 0 Å². The van der Waals surface area contributed by atoms with Gasteiger partial charge in [0.25, 0.3) is 0 Å². The summed E-state index contributed by atoms with van der Waals surface area (Å²) in [5.41, 5.74) is 2.14. The van der Waals surface area contributed by atoms with Crippen LogP contribution in [0.15, 0.2) is 18.2 Å². The predicted octanol–water partition coefficient (Wildman–Crippen LogP) is 3.35. The lowest BCUT2D eigenvalue weighted by Crippen LogP contribution is -2.29. The third kappa shape index (κ3) is 1.75. The summed E-state index contributed by atoms with van der Waals surface area (Å²) in [7, 11) is 0. The molecule has 2 aliphatic carbocycles. The summed E-state index contributed by atoms with van der Waals surface area (Å²) in [6, 6.07) is 6.56. The molecular weight excluding hydrogens is 201 g/mol. The highest BCUT2D eigenvalue weighted by Crippen LogP contribution is 2.34. The van der Waals surface area contributed by atoms with Gasteiger partial charge in [0.05, 0.1) is 0 Å². The molecule has 1 fully saturated rings.